The van der Waals surface area contributed by atoms with Crippen molar-refractivity contribution in [1.29, 1.82) is 0 Å². The second kappa shape index (κ2) is 8.45. The fraction of sp³-hybridized carbons (Fsp3) is 0.667. The maximum Gasteiger partial charge on any atom is 0.127 e. The number of hydrogen-bond donors (Lipinski definition) is 3. The molecule has 0 aliphatic carbocycles. The van der Waals surface area contributed by atoms with E-state index in [0.717, 1.165) is 44.3 Å². The first-order chi connectivity index (χ1) is 10.8. The Hall–Kier alpha value is -0.650. The second-order valence-electron chi connectivity index (χ2n) is 7.58. The van der Waals surface area contributed by atoms with Gasteiger partial charge in [0.15, 0.2) is 0 Å². The average Bonchev–Trinajstić information content (AvgIpc) is 2.49. The van der Waals surface area contributed by atoms with Crippen molar-refractivity contribution in [1.82, 2.24) is 0 Å². The van der Waals surface area contributed by atoms with Crippen molar-refractivity contribution in [3.63, 3.8) is 0 Å². The van der Waals surface area contributed by atoms with Gasteiger partial charge in [-0.2, -0.15) is 0 Å². The first-order valence-corrected chi connectivity index (χ1v) is 8.93. The van der Waals surface area contributed by atoms with Crippen molar-refractivity contribution in [3.05, 3.63) is 34.9 Å². The van der Waals surface area contributed by atoms with Gasteiger partial charge >= 0.3 is 0 Å². The van der Waals surface area contributed by atoms with E-state index >= 15 is 0 Å². The number of halogens is 1. The third-order valence-electron chi connectivity index (χ3n) is 4.26. The fourth-order valence-corrected chi connectivity index (χ4v) is 3.09. The van der Waals surface area contributed by atoms with Crippen LogP contribution in [0.1, 0.15) is 26.3 Å². The number of ether oxygens (including phenoxy) is 1. The maximum atomic E-state index is 10.1. The summed E-state index contributed by atoms with van der Waals surface area (Å²) >= 11 is 5.93. The Bertz CT molecular complexity index is 465. The lowest BCUT2D eigenvalue weighted by atomic mass is 10.2. The van der Waals surface area contributed by atoms with Gasteiger partial charge in [-0.25, -0.2) is 0 Å². The maximum absolute atomic E-state index is 10.1. The van der Waals surface area contributed by atoms with Crippen LogP contribution in [0.3, 0.4) is 0 Å². The SMILES string of the molecule is CC(C)(C)OC[C@@H](O)C[NH+]1CC[NH+](Cc2ccc(Cl)cc2)CC1. The molecule has 1 aromatic carbocycles. The van der Waals surface area contributed by atoms with E-state index in [2.05, 4.69) is 12.1 Å². The first kappa shape index (κ1) is 18.7. The van der Waals surface area contributed by atoms with E-state index in [-0.39, 0.29) is 11.7 Å². The molecule has 0 aromatic heterocycles. The molecular weight excluding hydrogens is 312 g/mol. The largest absolute Gasteiger partial charge is 0.385 e. The molecule has 130 valence electrons. The lowest BCUT2D eigenvalue weighted by Crippen LogP contribution is -3.28. The van der Waals surface area contributed by atoms with E-state index in [0.29, 0.717) is 6.61 Å². The van der Waals surface area contributed by atoms with Gasteiger partial charge in [-0.05, 0) is 32.9 Å². The topological polar surface area (TPSA) is 38.3 Å². The number of benzene rings is 1. The Morgan fingerprint density at radius 3 is 2.22 bits per heavy atom. The van der Waals surface area contributed by atoms with Crippen LogP contribution >= 0.6 is 11.6 Å². The highest BCUT2D eigenvalue weighted by molar-refractivity contribution is 6.30. The molecule has 0 radical (unpaired) electrons. The third kappa shape index (κ3) is 7.19. The lowest BCUT2D eigenvalue weighted by molar-refractivity contribution is -1.02. The fourth-order valence-electron chi connectivity index (χ4n) is 2.97. The highest BCUT2D eigenvalue weighted by atomic mass is 35.5. The van der Waals surface area contributed by atoms with E-state index in [1.807, 2.05) is 32.9 Å². The number of hydrogen-bond acceptors (Lipinski definition) is 2. The monoisotopic (exact) mass is 342 g/mol. The van der Waals surface area contributed by atoms with Gasteiger partial charge in [0.2, 0.25) is 0 Å². The van der Waals surface area contributed by atoms with Crippen molar-refractivity contribution >= 4 is 11.6 Å². The summed E-state index contributed by atoms with van der Waals surface area (Å²) in [5.41, 5.74) is 1.16. The van der Waals surface area contributed by atoms with Crippen LogP contribution in [0.15, 0.2) is 24.3 Å². The van der Waals surface area contributed by atoms with Crippen molar-refractivity contribution in [2.24, 2.45) is 0 Å². The molecule has 23 heavy (non-hydrogen) atoms. The van der Waals surface area contributed by atoms with Crippen LogP contribution in [0.25, 0.3) is 0 Å². The Morgan fingerprint density at radius 1 is 1.09 bits per heavy atom. The van der Waals surface area contributed by atoms with Crippen LogP contribution in [0.2, 0.25) is 5.02 Å². The summed E-state index contributed by atoms with van der Waals surface area (Å²) < 4.78 is 5.66. The van der Waals surface area contributed by atoms with Gasteiger partial charge in [0.1, 0.15) is 45.4 Å². The van der Waals surface area contributed by atoms with Crippen LogP contribution in [0.5, 0.6) is 0 Å². The second-order valence-corrected chi connectivity index (χ2v) is 8.02. The molecule has 0 amide bonds. The molecule has 1 saturated heterocycles. The van der Waals surface area contributed by atoms with E-state index < -0.39 is 0 Å². The molecule has 0 spiro atoms. The van der Waals surface area contributed by atoms with Crippen molar-refractivity contribution in [2.75, 3.05) is 39.3 Å². The predicted molar refractivity (Wildman–Crippen MR) is 93.1 cm³/mol. The standard InChI is InChI=1S/C18H29ClN2O2/c1-18(2,3)23-14-17(22)13-21-10-8-20(9-11-21)12-15-4-6-16(19)7-5-15/h4-7,17,22H,8-14H2,1-3H3/p+2/t17-/m0/s1. The average molecular weight is 343 g/mol. The number of nitrogens with one attached hydrogen (secondary N) is 2. The molecule has 5 heteroatoms. The number of quaternary nitrogens is 2. The Morgan fingerprint density at radius 2 is 1.65 bits per heavy atom. The molecule has 1 fully saturated rings. The Kier molecular flexibility index (Phi) is 6.86. The molecule has 1 aliphatic rings. The van der Waals surface area contributed by atoms with Gasteiger partial charge in [-0.1, -0.05) is 23.7 Å². The predicted octanol–water partition coefficient (Wildman–Crippen LogP) is -0.201. The highest BCUT2D eigenvalue weighted by Crippen LogP contribution is 2.08. The molecule has 3 N–H and O–H groups in total. The minimum Gasteiger partial charge on any atom is -0.385 e. The van der Waals surface area contributed by atoms with Crippen LogP contribution in [-0.4, -0.2) is 56.1 Å². The minimum absolute atomic E-state index is 0.183. The van der Waals surface area contributed by atoms with E-state index in [4.69, 9.17) is 16.3 Å². The summed E-state index contributed by atoms with van der Waals surface area (Å²) in [7, 11) is 0. The number of aliphatic hydroxyl groups is 1. The molecule has 1 aromatic rings. The minimum atomic E-state index is -0.373. The van der Waals surface area contributed by atoms with Gasteiger partial charge in [0.05, 0.1) is 12.2 Å². The number of rotatable bonds is 6. The Balaban J connectivity index is 1.68. The van der Waals surface area contributed by atoms with E-state index in [1.165, 1.54) is 10.5 Å². The van der Waals surface area contributed by atoms with Crippen molar-refractivity contribution in [2.45, 2.75) is 39.0 Å². The molecule has 0 bridgehead atoms. The number of piperazine rings is 1. The van der Waals surface area contributed by atoms with Gasteiger partial charge in [-0.15, -0.1) is 0 Å². The zero-order valence-electron chi connectivity index (χ0n) is 14.6. The summed E-state index contributed by atoms with van der Waals surface area (Å²) in [6.07, 6.45) is -0.373. The summed E-state index contributed by atoms with van der Waals surface area (Å²) in [6, 6.07) is 8.15. The van der Waals surface area contributed by atoms with E-state index in [1.54, 1.807) is 4.90 Å². The number of aliphatic hydroxyl groups excluding tert-OH is 1. The van der Waals surface area contributed by atoms with Gasteiger partial charge in [0.25, 0.3) is 0 Å². The zero-order valence-corrected chi connectivity index (χ0v) is 15.3. The smallest absolute Gasteiger partial charge is 0.127 e. The highest BCUT2D eigenvalue weighted by Gasteiger charge is 2.25. The zero-order chi connectivity index (χ0) is 16.9. The lowest BCUT2D eigenvalue weighted by Gasteiger charge is -2.31. The molecule has 0 unspecified atom stereocenters. The van der Waals surface area contributed by atoms with Gasteiger partial charge in [-0.3, -0.25) is 0 Å². The summed E-state index contributed by atoms with van der Waals surface area (Å²) in [4.78, 5) is 3.09. The summed E-state index contributed by atoms with van der Waals surface area (Å²) in [5.74, 6) is 0. The molecule has 1 aliphatic heterocycles. The van der Waals surface area contributed by atoms with Crippen LogP contribution in [-0.2, 0) is 11.3 Å². The van der Waals surface area contributed by atoms with Gasteiger partial charge in [0, 0.05) is 10.6 Å². The molecule has 1 heterocycles. The van der Waals surface area contributed by atoms with Gasteiger partial charge < -0.3 is 19.6 Å². The van der Waals surface area contributed by atoms with Crippen LogP contribution in [0, 0.1) is 0 Å². The summed E-state index contributed by atoms with van der Waals surface area (Å²) in [5, 5.41) is 10.9. The Labute approximate surface area is 145 Å². The van der Waals surface area contributed by atoms with Crippen molar-refractivity contribution < 1.29 is 19.6 Å². The molecule has 4 nitrogen and oxygen atoms in total. The molecule has 2 rings (SSSR count). The molecule has 1 atom stereocenters. The van der Waals surface area contributed by atoms with E-state index in [9.17, 15) is 5.11 Å². The molecule has 0 saturated carbocycles. The molecular formula is C18H31ClN2O2+2. The normalized spacial score (nSPS) is 23.7. The first-order valence-electron chi connectivity index (χ1n) is 8.55. The van der Waals surface area contributed by atoms with Crippen LogP contribution < -0.4 is 9.80 Å². The summed E-state index contributed by atoms with van der Waals surface area (Å²) in [6.45, 7) is 12.8. The quantitative estimate of drug-likeness (QED) is 0.670. The third-order valence-corrected chi connectivity index (χ3v) is 4.52. The van der Waals surface area contributed by atoms with Crippen LogP contribution in [0.4, 0.5) is 0 Å². The van der Waals surface area contributed by atoms with Crippen molar-refractivity contribution in [3.8, 4) is 0 Å².